The molecule has 1 fully saturated rings. The second kappa shape index (κ2) is 10.6. The topological polar surface area (TPSA) is 79.9 Å². The van der Waals surface area contributed by atoms with Crippen LogP contribution in [0.3, 0.4) is 0 Å². The van der Waals surface area contributed by atoms with E-state index in [9.17, 15) is 9.59 Å². The van der Waals surface area contributed by atoms with Crippen LogP contribution in [0.25, 0.3) is 0 Å². The summed E-state index contributed by atoms with van der Waals surface area (Å²) in [5.41, 5.74) is 1.34. The van der Waals surface area contributed by atoms with Gasteiger partial charge < -0.3 is 20.1 Å². The van der Waals surface area contributed by atoms with Gasteiger partial charge in [-0.05, 0) is 50.1 Å². The van der Waals surface area contributed by atoms with Gasteiger partial charge in [-0.2, -0.15) is 0 Å². The van der Waals surface area contributed by atoms with Gasteiger partial charge in [-0.25, -0.2) is 0 Å². The van der Waals surface area contributed by atoms with Gasteiger partial charge in [0.2, 0.25) is 5.91 Å². The molecule has 0 bridgehead atoms. The Hall–Kier alpha value is -3.06. The van der Waals surface area contributed by atoms with Crippen LogP contribution in [0.4, 0.5) is 5.69 Å². The number of hydrogen-bond donors (Lipinski definition) is 2. The first-order chi connectivity index (χ1) is 14.6. The first-order valence-corrected chi connectivity index (χ1v) is 10.3. The van der Waals surface area contributed by atoms with Crippen molar-refractivity contribution < 1.29 is 19.1 Å². The molecule has 2 N–H and O–H groups in total. The number of hydrogen-bond acceptors (Lipinski definition) is 5. The van der Waals surface area contributed by atoms with Crippen molar-refractivity contribution in [2.45, 2.75) is 25.8 Å². The van der Waals surface area contributed by atoms with Crippen molar-refractivity contribution in [2.24, 2.45) is 0 Å². The maximum Gasteiger partial charge on any atom is 0.251 e. The van der Waals surface area contributed by atoms with E-state index >= 15 is 0 Å². The first kappa shape index (κ1) is 21.6. The van der Waals surface area contributed by atoms with Crippen molar-refractivity contribution in [3.63, 3.8) is 0 Å². The van der Waals surface area contributed by atoms with E-state index in [0.717, 1.165) is 31.6 Å². The lowest BCUT2D eigenvalue weighted by molar-refractivity contribution is -0.117. The highest BCUT2D eigenvalue weighted by Gasteiger charge is 2.23. The highest BCUT2D eigenvalue weighted by Crippen LogP contribution is 2.28. The molecule has 0 unspecified atom stereocenters. The fourth-order valence-corrected chi connectivity index (χ4v) is 3.51. The summed E-state index contributed by atoms with van der Waals surface area (Å²) in [6.07, 6.45) is 1.61. The molecule has 0 spiro atoms. The third kappa shape index (κ3) is 5.97. The summed E-state index contributed by atoms with van der Waals surface area (Å²) in [4.78, 5) is 27.0. The van der Waals surface area contributed by atoms with Crippen LogP contribution in [0, 0.1) is 0 Å². The second-order valence-electron chi connectivity index (χ2n) is 7.24. The minimum Gasteiger partial charge on any atom is -0.493 e. The van der Waals surface area contributed by atoms with Gasteiger partial charge in [0.15, 0.2) is 11.5 Å². The van der Waals surface area contributed by atoms with Gasteiger partial charge in [-0.3, -0.25) is 14.5 Å². The molecule has 30 heavy (non-hydrogen) atoms. The molecular formula is C23H29N3O4. The van der Waals surface area contributed by atoms with Gasteiger partial charge in [0.05, 0.1) is 20.3 Å². The van der Waals surface area contributed by atoms with Gasteiger partial charge in [0.25, 0.3) is 5.91 Å². The molecule has 0 atom stereocenters. The number of methoxy groups -OCH3 is 1. The van der Waals surface area contributed by atoms with Crippen LogP contribution in [0.5, 0.6) is 11.5 Å². The molecule has 2 aromatic carbocycles. The number of nitrogens with zero attached hydrogens (tertiary/aromatic N) is 1. The molecule has 1 saturated heterocycles. The number of rotatable bonds is 8. The van der Waals surface area contributed by atoms with E-state index in [0.29, 0.717) is 30.2 Å². The third-order valence-corrected chi connectivity index (χ3v) is 5.07. The maximum absolute atomic E-state index is 12.6. The van der Waals surface area contributed by atoms with Gasteiger partial charge in [0, 0.05) is 30.4 Å². The maximum atomic E-state index is 12.6. The van der Waals surface area contributed by atoms with E-state index in [4.69, 9.17) is 9.47 Å². The van der Waals surface area contributed by atoms with Crippen molar-refractivity contribution in [3.8, 4) is 11.5 Å². The number of para-hydroxylation sites is 1. The predicted octanol–water partition coefficient (Wildman–Crippen LogP) is 2.93. The molecule has 2 amide bonds. The second-order valence-corrected chi connectivity index (χ2v) is 7.24. The zero-order chi connectivity index (χ0) is 21.3. The highest BCUT2D eigenvalue weighted by atomic mass is 16.5. The number of benzene rings is 2. The fraction of sp³-hybridized carbons (Fsp3) is 0.391. The molecule has 1 aliphatic heterocycles. The van der Waals surface area contributed by atoms with Crippen LogP contribution in [0.1, 0.15) is 30.1 Å². The molecule has 0 radical (unpaired) electrons. The number of amides is 2. The van der Waals surface area contributed by atoms with E-state index in [2.05, 4.69) is 15.5 Å². The summed E-state index contributed by atoms with van der Waals surface area (Å²) in [5, 5.41) is 6.00. The van der Waals surface area contributed by atoms with Gasteiger partial charge >= 0.3 is 0 Å². The molecular weight excluding hydrogens is 382 g/mol. The van der Waals surface area contributed by atoms with E-state index in [-0.39, 0.29) is 17.9 Å². The van der Waals surface area contributed by atoms with E-state index in [1.807, 2.05) is 37.3 Å². The van der Waals surface area contributed by atoms with Crippen LogP contribution < -0.4 is 20.1 Å². The molecule has 160 valence electrons. The lowest BCUT2D eigenvalue weighted by atomic mass is 10.0. The third-order valence-electron chi connectivity index (χ3n) is 5.07. The van der Waals surface area contributed by atoms with Gasteiger partial charge in [-0.1, -0.05) is 18.2 Å². The van der Waals surface area contributed by atoms with E-state index < -0.39 is 0 Å². The molecule has 2 aromatic rings. The number of carbonyl (C=O) groups is 2. The Kier molecular flexibility index (Phi) is 7.68. The fourth-order valence-electron chi connectivity index (χ4n) is 3.51. The van der Waals surface area contributed by atoms with Crippen LogP contribution in [0.15, 0.2) is 48.5 Å². The Labute approximate surface area is 177 Å². The van der Waals surface area contributed by atoms with Gasteiger partial charge in [-0.15, -0.1) is 0 Å². The Morgan fingerprint density at radius 2 is 1.80 bits per heavy atom. The largest absolute Gasteiger partial charge is 0.493 e. The molecule has 1 aliphatic rings. The SMILES string of the molecule is CCOc1ccc(C(=O)NC2CCN(CC(=O)Nc3ccccc3)CC2)cc1OC. The minimum absolute atomic E-state index is 0.0230. The number of carbonyl (C=O) groups excluding carboxylic acids is 2. The zero-order valence-corrected chi connectivity index (χ0v) is 17.5. The van der Waals surface area contributed by atoms with E-state index in [1.54, 1.807) is 25.3 Å². The minimum atomic E-state index is -0.128. The summed E-state index contributed by atoms with van der Waals surface area (Å²) in [6, 6.07) is 14.7. The average molecular weight is 412 g/mol. The average Bonchev–Trinajstić information content (AvgIpc) is 2.76. The predicted molar refractivity (Wildman–Crippen MR) is 116 cm³/mol. The first-order valence-electron chi connectivity index (χ1n) is 10.3. The summed E-state index contributed by atoms with van der Waals surface area (Å²) in [7, 11) is 1.56. The number of nitrogens with one attached hydrogen (secondary N) is 2. The summed E-state index contributed by atoms with van der Waals surface area (Å²) < 4.78 is 10.8. The number of likely N-dealkylation sites (tertiary alicyclic amines) is 1. The van der Waals surface area contributed by atoms with Crippen molar-refractivity contribution in [1.29, 1.82) is 0 Å². The summed E-state index contributed by atoms with van der Waals surface area (Å²) in [5.74, 6) is 1.02. The van der Waals surface area contributed by atoms with Crippen LogP contribution >= 0.6 is 0 Å². The highest BCUT2D eigenvalue weighted by molar-refractivity contribution is 5.95. The van der Waals surface area contributed by atoms with Crippen molar-refractivity contribution in [3.05, 3.63) is 54.1 Å². The lowest BCUT2D eigenvalue weighted by Crippen LogP contribution is -2.46. The van der Waals surface area contributed by atoms with Crippen molar-refractivity contribution >= 4 is 17.5 Å². The van der Waals surface area contributed by atoms with Crippen LogP contribution in [0.2, 0.25) is 0 Å². The summed E-state index contributed by atoms with van der Waals surface area (Å²) in [6.45, 7) is 4.31. The standard InChI is InChI=1S/C23H29N3O4/c1-3-30-20-10-9-17(15-21(20)29-2)23(28)25-19-11-13-26(14-12-19)16-22(27)24-18-7-5-4-6-8-18/h4-10,15,19H,3,11-14,16H2,1-2H3,(H,24,27)(H,25,28). The van der Waals surface area contributed by atoms with Gasteiger partial charge in [0.1, 0.15) is 0 Å². The Balaban J connectivity index is 1.46. The van der Waals surface area contributed by atoms with Crippen LogP contribution in [-0.2, 0) is 4.79 Å². The molecule has 7 nitrogen and oxygen atoms in total. The molecule has 0 saturated carbocycles. The zero-order valence-electron chi connectivity index (χ0n) is 17.5. The number of ether oxygens (including phenoxy) is 2. The van der Waals surface area contributed by atoms with Crippen molar-refractivity contribution in [2.75, 3.05) is 38.7 Å². The Morgan fingerprint density at radius 1 is 1.07 bits per heavy atom. The van der Waals surface area contributed by atoms with E-state index in [1.165, 1.54) is 0 Å². The number of anilines is 1. The molecule has 7 heteroatoms. The molecule has 3 rings (SSSR count). The molecule has 0 aromatic heterocycles. The smallest absolute Gasteiger partial charge is 0.251 e. The summed E-state index contributed by atoms with van der Waals surface area (Å²) >= 11 is 0. The monoisotopic (exact) mass is 411 g/mol. The quantitative estimate of drug-likeness (QED) is 0.698. The van der Waals surface area contributed by atoms with Crippen LogP contribution in [-0.4, -0.2) is 56.1 Å². The Bertz CT molecular complexity index is 849. The lowest BCUT2D eigenvalue weighted by Gasteiger charge is -2.31. The van der Waals surface area contributed by atoms with Crippen molar-refractivity contribution in [1.82, 2.24) is 10.2 Å². The number of piperidine rings is 1. The normalized spacial score (nSPS) is 14.7. The Morgan fingerprint density at radius 3 is 2.47 bits per heavy atom. The molecule has 1 heterocycles. The molecule has 0 aliphatic carbocycles.